The molecule has 120 valence electrons. The highest BCUT2D eigenvalue weighted by Gasteiger charge is 2.52. The molecule has 2 N–H and O–H groups in total. The first kappa shape index (κ1) is 15.2. The lowest BCUT2D eigenvalue weighted by atomic mass is 9.79. The summed E-state index contributed by atoms with van der Waals surface area (Å²) < 4.78 is 5.71. The van der Waals surface area contributed by atoms with Crippen LogP contribution < -0.4 is 5.56 Å². The Hall–Kier alpha value is -1.73. The van der Waals surface area contributed by atoms with E-state index < -0.39 is 17.3 Å². The van der Waals surface area contributed by atoms with Crippen LogP contribution in [0.2, 0.25) is 0 Å². The number of likely N-dealkylation sites (tertiary alicyclic amines) is 1. The van der Waals surface area contributed by atoms with Crippen LogP contribution in [0.25, 0.3) is 0 Å². The van der Waals surface area contributed by atoms with Crippen molar-refractivity contribution in [2.45, 2.75) is 50.4 Å². The van der Waals surface area contributed by atoms with Gasteiger partial charge in [0.05, 0.1) is 17.7 Å². The molecule has 1 aliphatic carbocycles. The normalized spacial score (nSPS) is 31.1. The van der Waals surface area contributed by atoms with Gasteiger partial charge in [0.15, 0.2) is 0 Å². The molecule has 3 atom stereocenters. The first-order valence-electron chi connectivity index (χ1n) is 7.57. The van der Waals surface area contributed by atoms with Gasteiger partial charge in [0.25, 0.3) is 11.5 Å². The van der Waals surface area contributed by atoms with E-state index in [9.17, 15) is 14.7 Å². The quantitative estimate of drug-likeness (QED) is 0.815. The monoisotopic (exact) mass is 307 g/mol. The van der Waals surface area contributed by atoms with Gasteiger partial charge in [-0.05, 0) is 32.6 Å². The van der Waals surface area contributed by atoms with Crippen LogP contribution in [0, 0.1) is 6.92 Å². The predicted molar refractivity (Wildman–Crippen MR) is 78.6 cm³/mol. The fourth-order valence-electron chi connectivity index (χ4n) is 3.71. The van der Waals surface area contributed by atoms with Crippen molar-refractivity contribution in [1.82, 2.24) is 14.9 Å². The van der Waals surface area contributed by atoms with E-state index in [-0.39, 0.29) is 17.5 Å². The average molecular weight is 307 g/mol. The van der Waals surface area contributed by atoms with E-state index in [4.69, 9.17) is 4.74 Å². The number of carbonyl (C=O) groups is 1. The molecule has 2 aliphatic rings. The number of aromatic nitrogens is 2. The summed E-state index contributed by atoms with van der Waals surface area (Å²) in [5.74, 6) is 0.133. The zero-order valence-electron chi connectivity index (χ0n) is 12.8. The number of rotatable bonds is 2. The van der Waals surface area contributed by atoms with E-state index in [1.54, 1.807) is 18.9 Å². The van der Waals surface area contributed by atoms with Crippen LogP contribution in [-0.4, -0.2) is 57.3 Å². The van der Waals surface area contributed by atoms with Gasteiger partial charge in [0.1, 0.15) is 11.4 Å². The van der Waals surface area contributed by atoms with Crippen LogP contribution >= 0.6 is 0 Å². The first-order valence-corrected chi connectivity index (χ1v) is 7.57. The molecule has 2 heterocycles. The maximum atomic E-state index is 12.7. The van der Waals surface area contributed by atoms with E-state index in [2.05, 4.69) is 9.97 Å². The number of hydrogen-bond donors (Lipinski definition) is 2. The number of aliphatic hydroxyl groups is 1. The second kappa shape index (κ2) is 5.48. The smallest absolute Gasteiger partial charge is 0.263 e. The summed E-state index contributed by atoms with van der Waals surface area (Å²) in [5, 5.41) is 9.95. The van der Waals surface area contributed by atoms with Crippen LogP contribution in [0.4, 0.5) is 0 Å². The minimum atomic E-state index is -0.434. The maximum absolute atomic E-state index is 12.7. The van der Waals surface area contributed by atoms with Gasteiger partial charge in [-0.25, -0.2) is 4.98 Å². The highest BCUT2D eigenvalue weighted by molar-refractivity contribution is 5.94. The Labute approximate surface area is 128 Å². The number of fused-ring (bicyclic) bond motifs is 1. The fraction of sp³-hybridized carbons (Fsp3) is 0.667. The number of nitrogens with one attached hydrogen (secondary N) is 1. The number of hydrogen-bond acceptors (Lipinski definition) is 5. The van der Waals surface area contributed by atoms with E-state index in [0.29, 0.717) is 25.2 Å². The number of nitrogens with zero attached hydrogens (tertiary/aromatic N) is 2. The van der Waals surface area contributed by atoms with Crippen molar-refractivity contribution in [3.8, 4) is 0 Å². The second-order valence-electron chi connectivity index (χ2n) is 6.17. The molecule has 7 heteroatoms. The molecule has 0 aromatic carbocycles. The fourth-order valence-corrected chi connectivity index (χ4v) is 3.71. The number of aromatic amines is 1. The van der Waals surface area contributed by atoms with Crippen molar-refractivity contribution in [3.63, 3.8) is 0 Å². The van der Waals surface area contributed by atoms with E-state index in [1.807, 2.05) is 0 Å². The lowest BCUT2D eigenvalue weighted by Crippen LogP contribution is -2.53. The summed E-state index contributed by atoms with van der Waals surface area (Å²) in [6, 6.07) is -0.200. The molecular weight excluding hydrogens is 286 g/mol. The number of methoxy groups -OCH3 is 1. The molecule has 0 radical (unpaired) electrons. The van der Waals surface area contributed by atoms with Crippen molar-refractivity contribution in [3.05, 3.63) is 27.9 Å². The number of amides is 1. The van der Waals surface area contributed by atoms with Crippen LogP contribution in [0.3, 0.4) is 0 Å². The van der Waals surface area contributed by atoms with Gasteiger partial charge in [-0.1, -0.05) is 0 Å². The molecule has 3 rings (SSSR count). The number of ether oxygens (including phenoxy) is 1. The Morgan fingerprint density at radius 1 is 1.55 bits per heavy atom. The molecule has 0 spiro atoms. The summed E-state index contributed by atoms with van der Waals surface area (Å²) in [4.78, 5) is 32.9. The van der Waals surface area contributed by atoms with Crippen molar-refractivity contribution in [2.75, 3.05) is 13.7 Å². The predicted octanol–water partition coefficient (Wildman–Crippen LogP) is 0.223. The molecule has 22 heavy (non-hydrogen) atoms. The summed E-state index contributed by atoms with van der Waals surface area (Å²) in [6.45, 7) is 2.19. The third-order valence-corrected chi connectivity index (χ3v) is 4.98. The molecule has 0 unspecified atom stereocenters. The van der Waals surface area contributed by atoms with Gasteiger partial charge in [0, 0.05) is 19.9 Å². The lowest BCUT2D eigenvalue weighted by molar-refractivity contribution is -0.0824. The molecule has 1 amide bonds. The van der Waals surface area contributed by atoms with Gasteiger partial charge < -0.3 is 19.7 Å². The molecule has 7 nitrogen and oxygen atoms in total. The van der Waals surface area contributed by atoms with Crippen LogP contribution in [0.15, 0.2) is 11.0 Å². The molecule has 2 fully saturated rings. The number of aliphatic hydroxyl groups excluding tert-OH is 1. The highest BCUT2D eigenvalue weighted by Crippen LogP contribution is 2.42. The number of H-pyrrole nitrogens is 1. The van der Waals surface area contributed by atoms with Gasteiger partial charge in [-0.15, -0.1) is 0 Å². The van der Waals surface area contributed by atoms with E-state index in [1.165, 1.54) is 6.20 Å². The van der Waals surface area contributed by atoms with Crippen LogP contribution in [0.1, 0.15) is 41.9 Å². The van der Waals surface area contributed by atoms with Crippen molar-refractivity contribution in [2.24, 2.45) is 0 Å². The maximum Gasteiger partial charge on any atom is 0.263 e. The molecule has 1 saturated carbocycles. The van der Waals surface area contributed by atoms with Gasteiger partial charge >= 0.3 is 0 Å². The van der Waals surface area contributed by atoms with Crippen molar-refractivity contribution >= 4 is 5.91 Å². The Balaban J connectivity index is 1.91. The minimum absolute atomic E-state index is 0.0394. The zero-order chi connectivity index (χ0) is 15.9. The third kappa shape index (κ3) is 2.34. The Kier molecular flexibility index (Phi) is 3.78. The van der Waals surface area contributed by atoms with Crippen LogP contribution in [0.5, 0.6) is 0 Å². The van der Waals surface area contributed by atoms with Gasteiger partial charge in [0.2, 0.25) is 0 Å². The van der Waals surface area contributed by atoms with E-state index in [0.717, 1.165) is 12.8 Å². The van der Waals surface area contributed by atoms with Crippen molar-refractivity contribution < 1.29 is 14.6 Å². The largest absolute Gasteiger partial charge is 0.393 e. The molecule has 1 aromatic heterocycles. The van der Waals surface area contributed by atoms with E-state index >= 15 is 0 Å². The summed E-state index contributed by atoms with van der Waals surface area (Å²) >= 11 is 0. The molecule has 1 saturated heterocycles. The number of aryl methyl sites for hydroxylation is 1. The topological polar surface area (TPSA) is 95.5 Å². The summed E-state index contributed by atoms with van der Waals surface area (Å²) in [6.07, 6.45) is 3.50. The van der Waals surface area contributed by atoms with Crippen molar-refractivity contribution in [1.29, 1.82) is 0 Å². The zero-order valence-corrected chi connectivity index (χ0v) is 12.8. The molecule has 1 aliphatic heterocycles. The molecule has 0 bridgehead atoms. The summed E-state index contributed by atoms with van der Waals surface area (Å²) in [5.41, 5.74) is -0.791. The standard InChI is InChI=1S/C15H21N3O4/c1-9-16-8-11(13(20)17-9)14(21)18-6-5-15(22-2)4-3-10(19)7-12(15)18/h8,10,12,19H,3-7H2,1-2H3,(H,16,17,20)/t10-,12+,15-/m1/s1. The third-order valence-electron chi connectivity index (χ3n) is 4.98. The highest BCUT2D eigenvalue weighted by atomic mass is 16.5. The van der Waals surface area contributed by atoms with Gasteiger partial charge in [-0.2, -0.15) is 0 Å². The Morgan fingerprint density at radius 2 is 2.32 bits per heavy atom. The first-order chi connectivity index (χ1) is 10.5. The Morgan fingerprint density at radius 3 is 3.00 bits per heavy atom. The van der Waals surface area contributed by atoms with Gasteiger partial charge in [-0.3, -0.25) is 9.59 Å². The molecular formula is C15H21N3O4. The lowest BCUT2D eigenvalue weighted by Gasteiger charge is -2.42. The summed E-state index contributed by atoms with van der Waals surface area (Å²) in [7, 11) is 1.65. The molecule has 1 aromatic rings. The Bertz CT molecular complexity index is 644. The SMILES string of the molecule is CO[C@@]12CC[C@@H](O)C[C@@H]1N(C(=O)c1cnc(C)[nH]c1=O)CC2. The second-order valence-corrected chi connectivity index (χ2v) is 6.17. The number of carbonyl (C=O) groups excluding carboxylic acids is 1. The van der Waals surface area contributed by atoms with Crippen LogP contribution in [-0.2, 0) is 4.74 Å². The average Bonchev–Trinajstić information content (AvgIpc) is 2.86. The minimum Gasteiger partial charge on any atom is -0.393 e.